The normalized spacial score (nSPS) is 9.67. The van der Waals surface area contributed by atoms with Crippen LogP contribution in [0, 0.1) is 0 Å². The molecule has 0 spiro atoms. The maximum absolute atomic E-state index is 7.75. The summed E-state index contributed by atoms with van der Waals surface area (Å²) in [6.45, 7) is 1.93. The van der Waals surface area contributed by atoms with Crippen LogP contribution in [0.2, 0.25) is 0 Å². The van der Waals surface area contributed by atoms with E-state index < -0.39 is 0 Å². The Morgan fingerprint density at radius 3 is 2.83 bits per heavy atom. The molecule has 3 heteroatoms. The molecule has 0 aromatic rings. The monoisotopic (exact) mass is 88.1 g/mol. The molecule has 0 amide bonds. The highest BCUT2D eigenvalue weighted by molar-refractivity contribution is 5.55. The molecule has 0 saturated carbocycles. The van der Waals surface area contributed by atoms with Gasteiger partial charge in [0.25, 0.3) is 0 Å². The minimum atomic E-state index is 0.841. The Kier molecular flexibility index (Phi) is 4.01. The van der Waals surface area contributed by atoms with Gasteiger partial charge in [0.2, 0.25) is 0 Å². The van der Waals surface area contributed by atoms with Crippen molar-refractivity contribution in [1.82, 2.24) is 5.59 Å². The Labute approximate surface area is 36.6 Å². The zero-order valence-electron chi connectivity index (χ0n) is 3.68. The van der Waals surface area contributed by atoms with Gasteiger partial charge in [0.05, 0.1) is 0 Å². The quantitative estimate of drug-likeness (QED) is 0.378. The van der Waals surface area contributed by atoms with Crippen LogP contribution in [0.1, 0.15) is 13.3 Å². The van der Waals surface area contributed by atoms with Crippen molar-refractivity contribution in [3.8, 4) is 0 Å². The van der Waals surface area contributed by atoms with Gasteiger partial charge in [-0.15, -0.1) is 0 Å². The van der Waals surface area contributed by atoms with Gasteiger partial charge in [0.15, 0.2) is 0 Å². The van der Waals surface area contributed by atoms with Gasteiger partial charge < -0.3 is 0 Å². The molecule has 3 nitrogen and oxygen atoms in total. The number of hydrogen-bond acceptors (Lipinski definition) is 3. The maximum Gasteiger partial charge on any atom is 0.0264 e. The summed E-state index contributed by atoms with van der Waals surface area (Å²) in [5, 5.41) is 11.0. The fourth-order valence-corrected chi connectivity index (χ4v) is 0.132. The second-order valence-electron chi connectivity index (χ2n) is 0.820. The van der Waals surface area contributed by atoms with E-state index in [2.05, 4.69) is 5.10 Å². The SMILES string of the molecule is CC/C=N\NO. The molecule has 0 fully saturated rings. The molecule has 0 aromatic carbocycles. The molecule has 0 radical (unpaired) electrons. The first-order valence-corrected chi connectivity index (χ1v) is 1.82. The first kappa shape index (κ1) is 5.43. The minimum absolute atomic E-state index is 0.841. The van der Waals surface area contributed by atoms with Gasteiger partial charge in [-0.05, 0) is 6.42 Å². The van der Waals surface area contributed by atoms with Gasteiger partial charge in [0, 0.05) is 6.21 Å². The zero-order valence-corrected chi connectivity index (χ0v) is 3.68. The Morgan fingerprint density at radius 2 is 2.67 bits per heavy atom. The summed E-state index contributed by atoms with van der Waals surface area (Å²) >= 11 is 0. The van der Waals surface area contributed by atoms with E-state index in [4.69, 9.17) is 5.21 Å². The van der Waals surface area contributed by atoms with E-state index in [1.807, 2.05) is 6.92 Å². The van der Waals surface area contributed by atoms with Crippen LogP contribution in [-0.4, -0.2) is 11.4 Å². The number of nitrogens with zero attached hydrogens (tertiary/aromatic N) is 1. The molecular weight excluding hydrogens is 80.0 g/mol. The van der Waals surface area contributed by atoms with Crippen molar-refractivity contribution >= 4 is 6.21 Å². The molecule has 6 heavy (non-hydrogen) atoms. The third kappa shape index (κ3) is 3.43. The van der Waals surface area contributed by atoms with Gasteiger partial charge in [0.1, 0.15) is 0 Å². The summed E-state index contributed by atoms with van der Waals surface area (Å²) < 4.78 is 0. The molecule has 0 aliphatic heterocycles. The first-order valence-electron chi connectivity index (χ1n) is 1.82. The van der Waals surface area contributed by atoms with Crippen molar-refractivity contribution in [1.29, 1.82) is 0 Å². The summed E-state index contributed by atoms with van der Waals surface area (Å²) in [6.07, 6.45) is 2.41. The lowest BCUT2D eigenvalue weighted by atomic mass is 10.6. The summed E-state index contributed by atoms with van der Waals surface area (Å²) in [5.41, 5.74) is 1.64. The molecule has 0 aromatic heterocycles. The zero-order chi connectivity index (χ0) is 4.83. The van der Waals surface area contributed by atoms with E-state index in [-0.39, 0.29) is 0 Å². The largest absolute Gasteiger partial charge is 0.274 e. The summed E-state index contributed by atoms with van der Waals surface area (Å²) in [7, 11) is 0. The Balaban J connectivity index is 2.73. The molecule has 36 valence electrons. The van der Waals surface area contributed by atoms with Gasteiger partial charge in [-0.2, -0.15) is 10.7 Å². The second-order valence-corrected chi connectivity index (χ2v) is 0.820. The smallest absolute Gasteiger partial charge is 0.0264 e. The van der Waals surface area contributed by atoms with Gasteiger partial charge in [-0.25, -0.2) is 0 Å². The summed E-state index contributed by atoms with van der Waals surface area (Å²) in [6, 6.07) is 0. The van der Waals surface area contributed by atoms with Crippen LogP contribution in [-0.2, 0) is 0 Å². The van der Waals surface area contributed by atoms with E-state index in [1.165, 1.54) is 0 Å². The van der Waals surface area contributed by atoms with Crippen LogP contribution in [0.3, 0.4) is 0 Å². The number of rotatable bonds is 2. The van der Waals surface area contributed by atoms with Crippen LogP contribution in [0.25, 0.3) is 0 Å². The summed E-state index contributed by atoms with van der Waals surface area (Å²) in [4.78, 5) is 0. The minimum Gasteiger partial charge on any atom is -0.274 e. The molecule has 2 N–H and O–H groups in total. The van der Waals surface area contributed by atoms with Crippen LogP contribution in [0.15, 0.2) is 5.10 Å². The van der Waals surface area contributed by atoms with Crippen LogP contribution >= 0.6 is 0 Å². The fourth-order valence-electron chi connectivity index (χ4n) is 0.132. The second kappa shape index (κ2) is 4.43. The third-order valence-corrected chi connectivity index (χ3v) is 0.332. The molecule has 0 rings (SSSR count). The fraction of sp³-hybridized carbons (Fsp3) is 0.667. The lowest BCUT2D eigenvalue weighted by molar-refractivity contribution is 0.172. The predicted octanol–water partition coefficient (Wildman–Crippen LogP) is 0.361. The van der Waals surface area contributed by atoms with Crippen molar-refractivity contribution < 1.29 is 5.21 Å². The number of hydrogen-bond donors (Lipinski definition) is 2. The highest BCUT2D eigenvalue weighted by Gasteiger charge is 1.58. The topological polar surface area (TPSA) is 44.6 Å². The Hall–Kier alpha value is -0.570. The Bertz CT molecular complexity index is 38.1. The standard InChI is InChI=1S/C3H8N2O/c1-2-3-4-5-6/h3,5-6H,2H2,1H3/b4-3-. The van der Waals surface area contributed by atoms with E-state index in [9.17, 15) is 0 Å². The number of nitrogens with one attached hydrogen (secondary N) is 1. The molecular formula is C3H8N2O. The average molecular weight is 88.1 g/mol. The third-order valence-electron chi connectivity index (χ3n) is 0.332. The molecule has 0 atom stereocenters. The van der Waals surface area contributed by atoms with E-state index >= 15 is 0 Å². The van der Waals surface area contributed by atoms with Crippen molar-refractivity contribution in [2.24, 2.45) is 5.10 Å². The average Bonchev–Trinajstić information content (AvgIpc) is 1.61. The van der Waals surface area contributed by atoms with E-state index in [1.54, 1.807) is 11.8 Å². The van der Waals surface area contributed by atoms with Crippen LogP contribution < -0.4 is 5.59 Å². The molecule has 0 unspecified atom stereocenters. The highest BCUT2D eigenvalue weighted by Crippen LogP contribution is 1.60. The van der Waals surface area contributed by atoms with Crippen LogP contribution in [0.5, 0.6) is 0 Å². The molecule has 0 aliphatic rings. The molecule has 0 aliphatic carbocycles. The highest BCUT2D eigenvalue weighted by atomic mass is 16.5. The molecule has 0 saturated heterocycles. The van der Waals surface area contributed by atoms with Gasteiger partial charge in [-0.1, -0.05) is 6.92 Å². The van der Waals surface area contributed by atoms with Crippen molar-refractivity contribution in [2.75, 3.05) is 0 Å². The predicted molar refractivity (Wildman–Crippen MR) is 23.7 cm³/mol. The first-order chi connectivity index (χ1) is 2.91. The molecule has 0 bridgehead atoms. The maximum atomic E-state index is 7.75. The van der Waals surface area contributed by atoms with E-state index in [0.29, 0.717) is 0 Å². The lowest BCUT2D eigenvalue weighted by Crippen LogP contribution is -1.93. The van der Waals surface area contributed by atoms with Crippen LogP contribution in [0.4, 0.5) is 0 Å². The van der Waals surface area contributed by atoms with Gasteiger partial charge in [-0.3, -0.25) is 5.21 Å². The van der Waals surface area contributed by atoms with Crippen molar-refractivity contribution in [2.45, 2.75) is 13.3 Å². The van der Waals surface area contributed by atoms with E-state index in [0.717, 1.165) is 6.42 Å². The number of hydrazone groups is 1. The Morgan fingerprint density at radius 1 is 2.00 bits per heavy atom. The van der Waals surface area contributed by atoms with Gasteiger partial charge >= 0.3 is 0 Å². The summed E-state index contributed by atoms with van der Waals surface area (Å²) in [5.74, 6) is 0. The molecule has 0 heterocycles. The van der Waals surface area contributed by atoms with Crippen molar-refractivity contribution in [3.05, 3.63) is 0 Å². The lowest BCUT2D eigenvalue weighted by Gasteiger charge is -1.78. The van der Waals surface area contributed by atoms with Crippen molar-refractivity contribution in [3.63, 3.8) is 0 Å².